The Bertz CT molecular complexity index is 1050. The van der Waals surface area contributed by atoms with Gasteiger partial charge in [0.05, 0.1) is 0 Å². The van der Waals surface area contributed by atoms with Crippen molar-refractivity contribution >= 4 is 23.4 Å². The second-order valence-electron chi connectivity index (χ2n) is 7.40. The van der Waals surface area contributed by atoms with E-state index in [1.54, 1.807) is 12.4 Å². The number of aromatic nitrogens is 1. The average molecular weight is 409 g/mol. The van der Waals surface area contributed by atoms with E-state index >= 15 is 0 Å². The summed E-state index contributed by atoms with van der Waals surface area (Å²) in [6.45, 7) is 5.88. The van der Waals surface area contributed by atoms with Gasteiger partial charge in [-0.2, -0.15) is 20.2 Å². The first-order chi connectivity index (χ1) is 14.6. The van der Waals surface area contributed by atoms with E-state index in [1.165, 1.54) is 12.1 Å². The minimum atomic E-state index is -0.635. The van der Waals surface area contributed by atoms with Gasteiger partial charge in [-0.25, -0.2) is 8.78 Å². The Hall–Kier alpha value is -3.01. The lowest BCUT2D eigenvalue weighted by Gasteiger charge is -2.35. The van der Waals surface area contributed by atoms with Crippen molar-refractivity contribution in [1.82, 2.24) is 25.3 Å². The van der Waals surface area contributed by atoms with Crippen molar-refractivity contribution in [3.8, 4) is 0 Å². The molecule has 153 valence electrons. The van der Waals surface area contributed by atoms with Crippen LogP contribution in [0, 0.1) is 18.6 Å². The molecule has 1 N–H and O–H groups in total. The number of rotatable bonds is 3. The molecule has 0 atom stereocenters. The van der Waals surface area contributed by atoms with Crippen LogP contribution in [0.15, 0.2) is 46.6 Å². The summed E-state index contributed by atoms with van der Waals surface area (Å²) < 4.78 is 27.9. The number of hydrogen-bond donors (Lipinski definition) is 1. The summed E-state index contributed by atoms with van der Waals surface area (Å²) in [5.74, 6) is -0.626. The van der Waals surface area contributed by atoms with E-state index in [9.17, 15) is 8.78 Å². The number of nitrogens with zero attached hydrogens (tertiary/aromatic N) is 6. The predicted molar refractivity (Wildman–Crippen MR) is 111 cm³/mol. The molecule has 2 aromatic rings. The standard InChI is InChI=1S/C21H21F2N7/c1-14-8-15(2-3-25-14)21-20(16-9-17(22)11-18(23)10-16)27-19-12-26-30(13-29(19)21)28-6-4-24-5-7-28/h2-3,8-12,24H,4-7,13H2,1H3/q+1. The maximum atomic E-state index is 14.0. The zero-order chi connectivity index (χ0) is 20.7. The number of pyridine rings is 1. The molecule has 1 aromatic heterocycles. The fourth-order valence-corrected chi connectivity index (χ4v) is 3.92. The van der Waals surface area contributed by atoms with Gasteiger partial charge in [0.25, 0.3) is 0 Å². The van der Waals surface area contributed by atoms with Gasteiger partial charge in [-0.1, -0.05) is 4.90 Å². The number of hydrogen-bond acceptors (Lipinski definition) is 7. The van der Waals surface area contributed by atoms with E-state index in [-0.39, 0.29) is 0 Å². The summed E-state index contributed by atoms with van der Waals surface area (Å²) in [6, 6.07) is 7.31. The zero-order valence-corrected chi connectivity index (χ0v) is 16.5. The van der Waals surface area contributed by atoms with Crippen LogP contribution in [0.1, 0.15) is 16.8 Å². The van der Waals surface area contributed by atoms with Crippen LogP contribution in [0.4, 0.5) is 8.78 Å². The summed E-state index contributed by atoms with van der Waals surface area (Å²) in [6.07, 6.45) is 3.42. The number of halogens is 2. The topological polar surface area (TPSA) is 62.0 Å². The molecule has 5 rings (SSSR count). The van der Waals surface area contributed by atoms with Crippen molar-refractivity contribution < 1.29 is 8.78 Å². The van der Waals surface area contributed by atoms with Gasteiger partial charge in [0, 0.05) is 55.3 Å². The summed E-state index contributed by atoms with van der Waals surface area (Å²) in [5.41, 5.74) is 3.43. The van der Waals surface area contributed by atoms with Crippen LogP contribution in [0.5, 0.6) is 0 Å². The molecule has 0 saturated carbocycles. The Morgan fingerprint density at radius 3 is 2.53 bits per heavy atom. The molecule has 3 aliphatic heterocycles. The Labute approximate surface area is 173 Å². The SMILES string of the molecule is Cc1cc(C2=C(c3cc(F)cc(F)c3)N=C3C=NN(N4CCNCC4)C[N+]32)ccn1. The zero-order valence-electron chi connectivity index (χ0n) is 16.5. The van der Waals surface area contributed by atoms with Crippen molar-refractivity contribution in [3.63, 3.8) is 0 Å². The first kappa shape index (κ1) is 19.0. The van der Waals surface area contributed by atoms with Crippen LogP contribution in [-0.2, 0) is 0 Å². The van der Waals surface area contributed by atoms with Gasteiger partial charge in [0.2, 0.25) is 12.4 Å². The second-order valence-corrected chi connectivity index (χ2v) is 7.40. The number of fused-ring (bicyclic) bond motifs is 1. The maximum absolute atomic E-state index is 14.0. The fraction of sp³-hybridized carbons (Fsp3) is 0.286. The summed E-state index contributed by atoms with van der Waals surface area (Å²) in [4.78, 5) is 11.0. The van der Waals surface area contributed by atoms with Gasteiger partial charge in [-0.3, -0.25) is 4.98 Å². The lowest BCUT2D eigenvalue weighted by Crippen LogP contribution is -2.56. The van der Waals surface area contributed by atoms with E-state index in [0.717, 1.165) is 49.2 Å². The molecule has 1 saturated heterocycles. The third kappa shape index (κ3) is 3.51. The molecule has 0 unspecified atom stereocenters. The number of piperazine rings is 1. The van der Waals surface area contributed by atoms with Crippen LogP contribution < -0.4 is 10.2 Å². The minimum absolute atomic E-state index is 0.390. The van der Waals surface area contributed by atoms with Crippen molar-refractivity contribution in [2.24, 2.45) is 10.1 Å². The predicted octanol–water partition coefficient (Wildman–Crippen LogP) is 2.13. The van der Waals surface area contributed by atoms with Crippen LogP contribution in [-0.4, -0.2) is 60.0 Å². The van der Waals surface area contributed by atoms with E-state index in [1.807, 2.05) is 29.1 Å². The Balaban J connectivity index is 1.59. The first-order valence-electron chi connectivity index (χ1n) is 9.85. The third-order valence-electron chi connectivity index (χ3n) is 5.30. The van der Waals surface area contributed by atoms with Crippen molar-refractivity contribution in [2.45, 2.75) is 6.92 Å². The number of hydrazone groups is 1. The van der Waals surface area contributed by atoms with Gasteiger partial charge in [0.15, 0.2) is 0 Å². The van der Waals surface area contributed by atoms with Gasteiger partial charge < -0.3 is 5.32 Å². The van der Waals surface area contributed by atoms with Crippen LogP contribution in [0.3, 0.4) is 0 Å². The molecule has 4 heterocycles. The highest BCUT2D eigenvalue weighted by molar-refractivity contribution is 6.36. The molecule has 1 fully saturated rings. The molecular formula is C21H21F2N7+. The number of amidine groups is 1. The highest BCUT2D eigenvalue weighted by atomic mass is 19.1. The number of benzene rings is 1. The molecule has 1 aromatic carbocycles. The fourth-order valence-electron chi connectivity index (χ4n) is 3.92. The molecule has 9 heteroatoms. The van der Waals surface area contributed by atoms with E-state index < -0.39 is 11.6 Å². The van der Waals surface area contributed by atoms with Crippen LogP contribution >= 0.6 is 0 Å². The van der Waals surface area contributed by atoms with Crippen molar-refractivity contribution in [3.05, 3.63) is 65.0 Å². The Morgan fingerprint density at radius 2 is 1.80 bits per heavy atom. The van der Waals surface area contributed by atoms with Gasteiger partial charge >= 0.3 is 5.84 Å². The van der Waals surface area contributed by atoms with Gasteiger partial charge in [0.1, 0.15) is 23.5 Å². The maximum Gasteiger partial charge on any atom is 0.305 e. The second kappa shape index (κ2) is 7.67. The average Bonchev–Trinajstić information content (AvgIpc) is 3.12. The van der Waals surface area contributed by atoms with Gasteiger partial charge in [-0.05, 0) is 31.2 Å². The Morgan fingerprint density at radius 1 is 1.03 bits per heavy atom. The Kier molecular flexibility index (Phi) is 4.86. The van der Waals surface area contributed by atoms with E-state index in [2.05, 4.69) is 20.4 Å². The van der Waals surface area contributed by atoms with Gasteiger partial charge in [-0.15, -0.1) is 0 Å². The molecule has 7 nitrogen and oxygen atoms in total. The van der Waals surface area contributed by atoms with Crippen LogP contribution in [0.2, 0.25) is 0 Å². The molecule has 30 heavy (non-hydrogen) atoms. The number of nitrogens with one attached hydrogen (secondary N) is 1. The summed E-state index contributed by atoms with van der Waals surface area (Å²) >= 11 is 0. The molecule has 0 amide bonds. The van der Waals surface area contributed by atoms with Crippen molar-refractivity contribution in [2.75, 3.05) is 32.8 Å². The summed E-state index contributed by atoms with van der Waals surface area (Å²) in [7, 11) is 0. The van der Waals surface area contributed by atoms with E-state index in [0.29, 0.717) is 23.8 Å². The van der Waals surface area contributed by atoms with E-state index in [4.69, 9.17) is 4.99 Å². The smallest absolute Gasteiger partial charge is 0.305 e. The molecule has 0 spiro atoms. The minimum Gasteiger partial charge on any atom is -0.314 e. The third-order valence-corrected chi connectivity index (χ3v) is 5.30. The number of hydrazine groups is 1. The lowest BCUT2D eigenvalue weighted by atomic mass is 10.0. The number of aryl methyl sites for hydroxylation is 1. The highest BCUT2D eigenvalue weighted by Gasteiger charge is 2.44. The highest BCUT2D eigenvalue weighted by Crippen LogP contribution is 2.36. The largest absolute Gasteiger partial charge is 0.314 e. The summed E-state index contributed by atoms with van der Waals surface area (Å²) in [5, 5.41) is 12.0. The molecule has 1 radical (unpaired) electrons. The lowest BCUT2D eigenvalue weighted by molar-refractivity contribution is -0.0416. The quantitative estimate of drug-likeness (QED) is 0.789. The molecule has 3 aliphatic rings. The normalized spacial score (nSPS) is 20.0. The molecule has 0 aliphatic carbocycles. The van der Waals surface area contributed by atoms with Crippen molar-refractivity contribution in [1.29, 1.82) is 0 Å². The number of aliphatic imine (C=N–C) groups is 1. The first-order valence-corrected chi connectivity index (χ1v) is 9.85. The molecule has 0 bridgehead atoms. The molecular weight excluding hydrogens is 388 g/mol. The van der Waals surface area contributed by atoms with Crippen LogP contribution in [0.25, 0.3) is 11.4 Å². The monoisotopic (exact) mass is 409 g/mol.